The monoisotopic (exact) mass is 332 g/mol. The molecule has 1 aliphatic rings. The zero-order valence-corrected chi connectivity index (χ0v) is 14.6. The lowest BCUT2D eigenvalue weighted by atomic mass is 10.0. The summed E-state index contributed by atoms with van der Waals surface area (Å²) in [6, 6.07) is 1.94. The Morgan fingerprint density at radius 2 is 2.29 bits per heavy atom. The third-order valence-electron chi connectivity index (χ3n) is 4.47. The molecule has 1 fully saturated rings. The Bertz CT molecular complexity index is 722. The molecule has 3 rings (SSSR count). The predicted octanol–water partition coefficient (Wildman–Crippen LogP) is 0.729. The molecule has 130 valence electrons. The molecule has 1 amide bonds. The molecule has 1 aliphatic heterocycles. The van der Waals surface area contributed by atoms with Gasteiger partial charge < -0.3 is 9.64 Å². The quantitative estimate of drug-likeness (QED) is 0.872. The van der Waals surface area contributed by atoms with Crippen molar-refractivity contribution in [1.82, 2.24) is 29.9 Å². The highest BCUT2D eigenvalue weighted by Gasteiger charge is 2.34. The SMILES string of the molecule is Cc1cc(CC(=O)N(C)C[C@H]2OCC[C@H]2c2n[nH]c(C)n2)n(C)n1. The smallest absolute Gasteiger partial charge is 0.228 e. The molecule has 1 N–H and O–H groups in total. The number of hydrogen-bond acceptors (Lipinski definition) is 5. The summed E-state index contributed by atoms with van der Waals surface area (Å²) in [5.74, 6) is 1.76. The Hall–Kier alpha value is -2.22. The molecule has 8 heteroatoms. The topological polar surface area (TPSA) is 88.9 Å². The second-order valence-electron chi connectivity index (χ2n) is 6.44. The minimum atomic E-state index is -0.0672. The Morgan fingerprint density at radius 3 is 2.92 bits per heavy atom. The third-order valence-corrected chi connectivity index (χ3v) is 4.47. The largest absolute Gasteiger partial charge is 0.376 e. The van der Waals surface area contributed by atoms with E-state index in [4.69, 9.17) is 4.74 Å². The molecule has 2 atom stereocenters. The molecule has 1 saturated heterocycles. The molecule has 0 aliphatic carbocycles. The highest BCUT2D eigenvalue weighted by Crippen LogP contribution is 2.29. The lowest BCUT2D eigenvalue weighted by Crippen LogP contribution is -2.37. The van der Waals surface area contributed by atoms with Crippen LogP contribution in [-0.2, 0) is 23.0 Å². The fourth-order valence-electron chi connectivity index (χ4n) is 3.14. The Morgan fingerprint density at radius 1 is 1.50 bits per heavy atom. The number of carbonyl (C=O) groups is 1. The average Bonchev–Trinajstić information content (AvgIpc) is 3.21. The van der Waals surface area contributed by atoms with E-state index in [1.165, 1.54) is 0 Å². The van der Waals surface area contributed by atoms with Crippen LogP contribution in [0.15, 0.2) is 6.07 Å². The van der Waals surface area contributed by atoms with E-state index in [9.17, 15) is 4.79 Å². The van der Waals surface area contributed by atoms with Crippen LogP contribution < -0.4 is 0 Å². The minimum Gasteiger partial charge on any atom is -0.376 e. The van der Waals surface area contributed by atoms with E-state index in [1.807, 2.05) is 34.0 Å². The molecular weight excluding hydrogens is 308 g/mol. The standard InChI is InChI=1S/C16H24N6O2/c1-10-7-12(22(4)20-10)8-15(23)21(3)9-14-13(5-6-24-14)16-17-11(2)18-19-16/h7,13-14H,5-6,8-9H2,1-4H3,(H,17,18,19)/t13-,14-/m1/s1. The summed E-state index contributed by atoms with van der Waals surface area (Å²) in [5, 5.41) is 11.4. The second-order valence-corrected chi connectivity index (χ2v) is 6.44. The van der Waals surface area contributed by atoms with Gasteiger partial charge in [-0.2, -0.15) is 10.2 Å². The number of nitrogens with zero attached hydrogens (tertiary/aromatic N) is 5. The van der Waals surface area contributed by atoms with Gasteiger partial charge in [0.2, 0.25) is 5.91 Å². The van der Waals surface area contributed by atoms with E-state index in [1.54, 1.807) is 9.58 Å². The Balaban J connectivity index is 1.62. The van der Waals surface area contributed by atoms with Gasteiger partial charge in [0.15, 0.2) is 5.82 Å². The van der Waals surface area contributed by atoms with E-state index in [0.717, 1.165) is 29.5 Å². The van der Waals surface area contributed by atoms with Gasteiger partial charge in [0.1, 0.15) is 5.82 Å². The molecule has 0 spiro atoms. The van der Waals surface area contributed by atoms with Gasteiger partial charge in [0.25, 0.3) is 0 Å². The first kappa shape index (κ1) is 16.6. The maximum Gasteiger partial charge on any atom is 0.228 e. The van der Waals surface area contributed by atoms with Gasteiger partial charge in [0, 0.05) is 32.9 Å². The summed E-state index contributed by atoms with van der Waals surface area (Å²) in [6.45, 7) is 5.01. The van der Waals surface area contributed by atoms with Crippen LogP contribution in [0.1, 0.15) is 35.4 Å². The number of carbonyl (C=O) groups excluding carboxylic acids is 1. The van der Waals surface area contributed by atoms with E-state index in [-0.39, 0.29) is 17.9 Å². The van der Waals surface area contributed by atoms with Gasteiger partial charge in [-0.25, -0.2) is 4.98 Å². The van der Waals surface area contributed by atoms with Crippen molar-refractivity contribution in [2.75, 3.05) is 20.2 Å². The predicted molar refractivity (Wildman–Crippen MR) is 87.5 cm³/mol. The van der Waals surface area contributed by atoms with Crippen LogP contribution in [0.5, 0.6) is 0 Å². The van der Waals surface area contributed by atoms with Crippen LogP contribution in [0.25, 0.3) is 0 Å². The summed E-state index contributed by atoms with van der Waals surface area (Å²) in [7, 11) is 3.67. The molecule has 0 saturated carbocycles. The fraction of sp³-hybridized carbons (Fsp3) is 0.625. The van der Waals surface area contributed by atoms with Gasteiger partial charge in [-0.3, -0.25) is 14.6 Å². The van der Waals surface area contributed by atoms with Crippen molar-refractivity contribution in [2.24, 2.45) is 7.05 Å². The third kappa shape index (κ3) is 3.48. The number of H-pyrrole nitrogens is 1. The lowest BCUT2D eigenvalue weighted by molar-refractivity contribution is -0.130. The molecule has 8 nitrogen and oxygen atoms in total. The van der Waals surface area contributed by atoms with E-state index in [2.05, 4.69) is 20.3 Å². The van der Waals surface area contributed by atoms with Crippen molar-refractivity contribution in [3.05, 3.63) is 29.1 Å². The average molecular weight is 332 g/mol. The first-order valence-corrected chi connectivity index (χ1v) is 8.18. The lowest BCUT2D eigenvalue weighted by Gasteiger charge is -2.23. The van der Waals surface area contributed by atoms with Gasteiger partial charge in [-0.1, -0.05) is 0 Å². The first-order chi connectivity index (χ1) is 11.4. The van der Waals surface area contributed by atoms with Crippen LogP contribution in [0.4, 0.5) is 0 Å². The van der Waals surface area contributed by atoms with Crippen LogP contribution in [0.2, 0.25) is 0 Å². The summed E-state index contributed by atoms with van der Waals surface area (Å²) in [6.07, 6.45) is 1.15. The molecule has 2 aromatic rings. The summed E-state index contributed by atoms with van der Waals surface area (Å²) in [4.78, 5) is 18.6. The maximum absolute atomic E-state index is 12.5. The number of ether oxygens (including phenoxy) is 1. The first-order valence-electron chi connectivity index (χ1n) is 8.18. The molecule has 3 heterocycles. The highest BCUT2D eigenvalue weighted by atomic mass is 16.5. The number of rotatable bonds is 5. The zero-order valence-electron chi connectivity index (χ0n) is 14.6. The van der Waals surface area contributed by atoms with Gasteiger partial charge >= 0.3 is 0 Å². The molecule has 0 aromatic carbocycles. The summed E-state index contributed by atoms with van der Waals surface area (Å²) < 4.78 is 7.58. The number of amides is 1. The van der Waals surface area contributed by atoms with Crippen molar-refractivity contribution in [2.45, 2.75) is 38.7 Å². The second kappa shape index (κ2) is 6.72. The minimum absolute atomic E-state index is 0.0541. The van der Waals surface area contributed by atoms with Crippen LogP contribution in [0.3, 0.4) is 0 Å². The number of aromatic amines is 1. The van der Waals surface area contributed by atoms with Crippen molar-refractivity contribution < 1.29 is 9.53 Å². The molecular formula is C16H24N6O2. The van der Waals surface area contributed by atoms with Crippen molar-refractivity contribution in [1.29, 1.82) is 0 Å². The number of aryl methyl sites for hydroxylation is 3. The maximum atomic E-state index is 12.5. The number of hydrogen-bond donors (Lipinski definition) is 1. The summed E-state index contributed by atoms with van der Waals surface area (Å²) in [5.41, 5.74) is 1.83. The van der Waals surface area contributed by atoms with Crippen LogP contribution >= 0.6 is 0 Å². The number of aromatic nitrogens is 5. The normalized spacial score (nSPS) is 20.5. The van der Waals surface area contributed by atoms with E-state index in [0.29, 0.717) is 19.6 Å². The van der Waals surface area contributed by atoms with Gasteiger partial charge in [0.05, 0.1) is 24.1 Å². The highest BCUT2D eigenvalue weighted by molar-refractivity contribution is 5.78. The Kier molecular flexibility index (Phi) is 4.66. The van der Waals surface area contributed by atoms with Gasteiger partial charge in [-0.05, 0) is 26.3 Å². The van der Waals surface area contributed by atoms with E-state index >= 15 is 0 Å². The van der Waals surface area contributed by atoms with Crippen LogP contribution in [0, 0.1) is 13.8 Å². The van der Waals surface area contributed by atoms with Gasteiger partial charge in [-0.15, -0.1) is 0 Å². The van der Waals surface area contributed by atoms with E-state index < -0.39 is 0 Å². The fourth-order valence-corrected chi connectivity index (χ4v) is 3.14. The number of likely N-dealkylation sites (N-methyl/N-ethyl adjacent to an activating group) is 1. The molecule has 0 bridgehead atoms. The molecule has 0 radical (unpaired) electrons. The summed E-state index contributed by atoms with van der Waals surface area (Å²) >= 11 is 0. The Labute approximate surface area is 141 Å². The van der Waals surface area contributed by atoms with Crippen molar-refractivity contribution in [3.63, 3.8) is 0 Å². The van der Waals surface area contributed by atoms with Crippen molar-refractivity contribution >= 4 is 5.91 Å². The molecule has 0 unspecified atom stereocenters. The zero-order chi connectivity index (χ0) is 17.3. The molecule has 24 heavy (non-hydrogen) atoms. The van der Waals surface area contributed by atoms with Crippen LogP contribution in [-0.4, -0.2) is 62.1 Å². The van der Waals surface area contributed by atoms with Crippen molar-refractivity contribution in [3.8, 4) is 0 Å². The number of nitrogens with one attached hydrogen (secondary N) is 1. The molecule has 2 aromatic heterocycles.